The molecule has 4 saturated carbocycles. The zero-order valence-electron chi connectivity index (χ0n) is 14.1. The van der Waals surface area contributed by atoms with Crippen LogP contribution >= 0.6 is 0 Å². The van der Waals surface area contributed by atoms with Gasteiger partial charge in [-0.2, -0.15) is 0 Å². The van der Waals surface area contributed by atoms with Gasteiger partial charge in [-0.05, 0) is 128 Å². The Morgan fingerprint density at radius 1 is 0.167 bits per heavy atom. The Bertz CT molecular complexity index is 96.4. The third-order valence-corrected chi connectivity index (χ3v) is 2.22. The first-order chi connectivity index (χ1) is 10.0. The maximum absolute atomic E-state index is 2.00. The van der Waals surface area contributed by atoms with E-state index in [1.54, 1.807) is 0 Å². The average molecular weight is 637 g/mol. The normalized spacial score (nSPS) is 20.0. The van der Waals surface area contributed by atoms with Gasteiger partial charge in [0.05, 0.1) is 0 Å². The Morgan fingerprint density at radius 3 is 0.250 bits per heavy atom. The van der Waals surface area contributed by atoms with Crippen LogP contribution in [0.5, 0.6) is 0 Å². The van der Waals surface area contributed by atoms with Crippen molar-refractivity contribution < 1.29 is 93.8 Å². The monoisotopic (exact) mass is 638 g/mol. The van der Waals surface area contributed by atoms with Crippen LogP contribution in [0.25, 0.3) is 0 Å². The first-order valence-electron chi connectivity index (χ1n) is 6.67. The van der Waals surface area contributed by atoms with Gasteiger partial charge < -0.3 is 14.9 Å². The summed E-state index contributed by atoms with van der Waals surface area (Å²) in [7, 11) is 0. The first kappa shape index (κ1) is 34.5. The van der Waals surface area contributed by atoms with Gasteiger partial charge in [0, 0.05) is 93.8 Å². The fraction of sp³-hybridized carbons (Fsp3) is 0. The third-order valence-electron chi connectivity index (χ3n) is 2.22. The molecule has 144 valence electrons. The van der Waals surface area contributed by atoms with Crippen molar-refractivity contribution in [2.75, 3.05) is 0 Å². The van der Waals surface area contributed by atoms with E-state index in [1.807, 2.05) is 128 Å². The van der Waals surface area contributed by atoms with E-state index in [9.17, 15) is 0 Å². The summed E-state index contributed by atoms with van der Waals surface area (Å²) in [6, 6.07) is 0. The second-order valence-electron chi connectivity index (χ2n) is 3.85. The van der Waals surface area contributed by atoms with Crippen molar-refractivity contribution in [2.45, 2.75) is 0 Å². The summed E-state index contributed by atoms with van der Waals surface area (Å²) in [5.41, 5.74) is 0. The minimum absolute atomic E-state index is 0. The predicted molar refractivity (Wildman–Crippen MR) is 98.8 cm³/mol. The minimum Gasteiger partial charge on any atom is -0.358 e. The summed E-state index contributed by atoms with van der Waals surface area (Å²) in [6.45, 7) is 0. The smallest absolute Gasteiger partial charge is 0 e. The van der Waals surface area contributed by atoms with E-state index in [0.717, 1.165) is 0 Å². The SMILES string of the molecule is [CH3-].[CH3-].[CH]1[CH][CH][CH][CH]1.[CH]1[CH][CH][CH][CH]1.[CH]1[CH][CH][CH][CH]1.[CH]1[CH][CH][CH][CH]1.[Yb].[Yb]. The maximum atomic E-state index is 2.00. The minimum atomic E-state index is 0. The summed E-state index contributed by atoms with van der Waals surface area (Å²) < 4.78 is 0. The molecule has 0 saturated heterocycles. The van der Waals surface area contributed by atoms with Crippen LogP contribution in [0.15, 0.2) is 0 Å². The molecule has 0 amide bonds. The number of hydrogen-bond donors (Lipinski definition) is 0. The second-order valence-corrected chi connectivity index (χ2v) is 3.85. The summed E-state index contributed by atoms with van der Waals surface area (Å²) >= 11 is 0. The van der Waals surface area contributed by atoms with Crippen molar-refractivity contribution in [2.24, 2.45) is 0 Å². The van der Waals surface area contributed by atoms with E-state index in [0.29, 0.717) is 0 Å². The maximum Gasteiger partial charge on any atom is 0 e. The molecule has 0 aromatic rings. The molecule has 0 N–H and O–H groups in total. The summed E-state index contributed by atoms with van der Waals surface area (Å²) in [5.74, 6) is 0. The van der Waals surface area contributed by atoms with E-state index < -0.39 is 0 Å². The Kier molecular flexibility index (Phi) is 44.3. The molecule has 0 spiro atoms. The molecule has 4 fully saturated rings. The quantitative estimate of drug-likeness (QED) is 0.329. The fourth-order valence-corrected chi connectivity index (χ4v) is 1.28. The molecule has 0 aromatic carbocycles. The van der Waals surface area contributed by atoms with Crippen LogP contribution in [-0.2, 0) is 0 Å². The molecule has 0 aliphatic heterocycles. The Balaban J connectivity index is -0.000000105. The van der Waals surface area contributed by atoms with Crippen LogP contribution in [0.2, 0.25) is 0 Å². The van der Waals surface area contributed by atoms with Gasteiger partial charge in [-0.1, -0.05) is 0 Å². The van der Waals surface area contributed by atoms with Crippen molar-refractivity contribution in [1.29, 1.82) is 0 Å². The number of rotatable bonds is 0. The largest absolute Gasteiger partial charge is 0.358 e. The fourth-order valence-electron chi connectivity index (χ4n) is 1.28. The molecule has 4 aliphatic rings. The van der Waals surface area contributed by atoms with Crippen LogP contribution in [0.4, 0.5) is 0 Å². The van der Waals surface area contributed by atoms with Crippen molar-refractivity contribution in [1.82, 2.24) is 0 Å². The first-order valence-corrected chi connectivity index (χ1v) is 6.67. The summed E-state index contributed by atoms with van der Waals surface area (Å²) in [5, 5.41) is 0. The van der Waals surface area contributed by atoms with Gasteiger partial charge in [-0.3, -0.25) is 0 Å². The molecule has 0 nitrogen and oxygen atoms in total. The van der Waals surface area contributed by atoms with Crippen LogP contribution in [-0.4, -0.2) is 0 Å². The molecule has 0 atom stereocenters. The molecule has 0 unspecified atom stereocenters. The second kappa shape index (κ2) is 30.8. The Labute approximate surface area is 233 Å². The van der Waals surface area contributed by atoms with E-state index >= 15 is 0 Å². The molecule has 24 heavy (non-hydrogen) atoms. The summed E-state index contributed by atoms with van der Waals surface area (Å²) in [4.78, 5) is 0. The van der Waals surface area contributed by atoms with Gasteiger partial charge in [0.25, 0.3) is 0 Å². The van der Waals surface area contributed by atoms with Gasteiger partial charge >= 0.3 is 0 Å². The zero-order valence-corrected chi connectivity index (χ0v) is 17.5. The Morgan fingerprint density at radius 2 is 0.208 bits per heavy atom. The van der Waals surface area contributed by atoms with Gasteiger partial charge in [0.1, 0.15) is 0 Å². The van der Waals surface area contributed by atoms with Crippen LogP contribution in [0.1, 0.15) is 0 Å². The Hall–Kier alpha value is 3.04. The van der Waals surface area contributed by atoms with Crippen LogP contribution in [0, 0.1) is 237 Å². The molecule has 4 rings (SSSR count). The van der Waals surface area contributed by atoms with Crippen molar-refractivity contribution >= 4 is 0 Å². The van der Waals surface area contributed by atoms with Crippen LogP contribution in [0.3, 0.4) is 0 Å². The molecule has 0 bridgehead atoms. The molecular formula is C22H26Yb2-2. The van der Waals surface area contributed by atoms with Gasteiger partial charge in [0.2, 0.25) is 0 Å². The molecular weight excluding hydrogens is 610 g/mol. The van der Waals surface area contributed by atoms with E-state index in [2.05, 4.69) is 0 Å². The van der Waals surface area contributed by atoms with Crippen molar-refractivity contribution in [3.05, 3.63) is 143 Å². The van der Waals surface area contributed by atoms with Gasteiger partial charge in [-0.15, -0.1) is 0 Å². The van der Waals surface area contributed by atoms with Crippen molar-refractivity contribution in [3.8, 4) is 0 Å². The van der Waals surface area contributed by atoms with E-state index in [4.69, 9.17) is 0 Å². The molecule has 4 aliphatic carbocycles. The van der Waals surface area contributed by atoms with Crippen LogP contribution < -0.4 is 0 Å². The molecule has 0 aromatic heterocycles. The summed E-state index contributed by atoms with van der Waals surface area (Å²) in [6.07, 6.45) is 40.0. The van der Waals surface area contributed by atoms with Gasteiger partial charge in [0.15, 0.2) is 0 Å². The zero-order chi connectivity index (χ0) is 14.1. The molecule has 2 heteroatoms. The van der Waals surface area contributed by atoms with Crippen molar-refractivity contribution in [3.63, 3.8) is 0 Å². The van der Waals surface area contributed by atoms with Gasteiger partial charge in [-0.25, -0.2) is 0 Å². The van der Waals surface area contributed by atoms with E-state index in [-0.39, 0.29) is 109 Å². The van der Waals surface area contributed by atoms with E-state index in [1.165, 1.54) is 0 Å². The standard InChI is InChI=1S/4C5H5.2CH3.2Yb/c4*1-2-4-5-3-1;;;;/h4*1-5H;2*1H3;;/q;;;;2*-1;;. The molecule has 20 radical (unpaired) electrons. The molecule has 0 heterocycles. The third kappa shape index (κ3) is 27.3. The number of hydrogen-bond acceptors (Lipinski definition) is 0. The predicted octanol–water partition coefficient (Wildman–Crippen LogP) is 4.99. The topological polar surface area (TPSA) is 0 Å². The average Bonchev–Trinajstić information content (AvgIpc) is 3.40.